The minimum absolute atomic E-state index is 0.220. The minimum Gasteiger partial charge on any atom is -0.297 e. The highest BCUT2D eigenvalue weighted by Gasteiger charge is 2.36. The van der Waals surface area contributed by atoms with Gasteiger partial charge in [-0.1, -0.05) is 12.1 Å². The molecule has 0 aromatic heterocycles. The van der Waals surface area contributed by atoms with Crippen molar-refractivity contribution in [2.75, 3.05) is 13.1 Å². The summed E-state index contributed by atoms with van der Waals surface area (Å²) in [7, 11) is -3.90. The molecule has 0 spiro atoms. The Morgan fingerprint density at radius 1 is 1.17 bits per heavy atom. The lowest BCUT2D eigenvalue weighted by Gasteiger charge is -2.38. The number of piperidine rings is 1. The van der Waals surface area contributed by atoms with Crippen LogP contribution in [0.25, 0.3) is 0 Å². The molecule has 1 fully saturated rings. The first-order chi connectivity index (χ1) is 13.7. The summed E-state index contributed by atoms with van der Waals surface area (Å²) in [6.07, 6.45) is 0.961. The van der Waals surface area contributed by atoms with Gasteiger partial charge in [0.1, 0.15) is 0 Å². The zero-order valence-electron chi connectivity index (χ0n) is 15.9. The lowest BCUT2D eigenvalue weighted by Crippen LogP contribution is -2.52. The van der Waals surface area contributed by atoms with Crippen LogP contribution in [0.5, 0.6) is 0 Å². The van der Waals surface area contributed by atoms with E-state index in [2.05, 4.69) is 11.5 Å². The Morgan fingerprint density at radius 2 is 1.90 bits per heavy atom. The van der Waals surface area contributed by atoms with Crippen LogP contribution in [0.3, 0.4) is 0 Å². The molecule has 0 amide bonds. The number of benzene rings is 2. The second kappa shape index (κ2) is 8.55. The molecular weight excluding hydrogens is 400 g/mol. The van der Waals surface area contributed by atoms with E-state index in [9.17, 15) is 17.2 Å². The normalized spacial score (nSPS) is 17.0. The van der Waals surface area contributed by atoms with Gasteiger partial charge in [-0.2, -0.15) is 15.0 Å². The van der Waals surface area contributed by atoms with Crippen molar-refractivity contribution in [2.24, 2.45) is 0 Å². The zero-order valence-corrected chi connectivity index (χ0v) is 16.7. The molecule has 1 N–H and O–H groups in total. The molecule has 1 saturated heterocycles. The van der Waals surface area contributed by atoms with Crippen LogP contribution in [0.4, 0.5) is 8.78 Å². The number of halogens is 2. The molecule has 0 radical (unpaired) electrons. The van der Waals surface area contributed by atoms with Crippen molar-refractivity contribution in [3.63, 3.8) is 0 Å². The molecule has 154 valence electrons. The van der Waals surface area contributed by atoms with Gasteiger partial charge >= 0.3 is 0 Å². The Bertz CT molecular complexity index is 1030. The molecule has 9 heteroatoms. The molecule has 2 aromatic carbocycles. The number of rotatable bonds is 6. The van der Waals surface area contributed by atoms with Crippen molar-refractivity contribution in [2.45, 2.75) is 36.8 Å². The van der Waals surface area contributed by atoms with Crippen LogP contribution < -0.4 is 5.48 Å². The van der Waals surface area contributed by atoms with Crippen molar-refractivity contribution < 1.29 is 22.0 Å². The van der Waals surface area contributed by atoms with E-state index in [0.717, 1.165) is 17.7 Å². The van der Waals surface area contributed by atoms with E-state index < -0.39 is 27.2 Å². The van der Waals surface area contributed by atoms with E-state index in [1.807, 2.05) is 13.0 Å². The third-order valence-corrected chi connectivity index (χ3v) is 6.86. The predicted molar refractivity (Wildman–Crippen MR) is 102 cm³/mol. The Hall–Kier alpha value is -2.38. The third kappa shape index (κ3) is 4.97. The maximum Gasteiger partial charge on any atom is 0.243 e. The van der Waals surface area contributed by atoms with Crippen molar-refractivity contribution in [3.05, 3.63) is 65.2 Å². The number of sulfonamides is 1. The molecular formula is C20H21F2N3O3S. The summed E-state index contributed by atoms with van der Waals surface area (Å²) >= 11 is 0. The number of hydroxylamine groups is 1. The average molecular weight is 421 g/mol. The van der Waals surface area contributed by atoms with Crippen LogP contribution in [0.1, 0.15) is 30.9 Å². The van der Waals surface area contributed by atoms with Crippen LogP contribution in [-0.2, 0) is 21.5 Å². The number of hydrogen-bond acceptors (Lipinski definition) is 5. The van der Waals surface area contributed by atoms with Gasteiger partial charge in [-0.05, 0) is 55.7 Å². The Balaban J connectivity index is 1.57. The first-order valence-electron chi connectivity index (χ1n) is 9.07. The SMILES string of the molecule is CC1(NOCc2cccc(C#N)c2)CCN(S(=O)(=O)c2ccc(F)c(F)c2)CC1. The molecule has 1 aliphatic heterocycles. The van der Waals surface area contributed by atoms with Gasteiger partial charge < -0.3 is 0 Å². The highest BCUT2D eigenvalue weighted by atomic mass is 32.2. The van der Waals surface area contributed by atoms with Gasteiger partial charge in [0.05, 0.1) is 23.1 Å². The molecule has 0 bridgehead atoms. The summed E-state index contributed by atoms with van der Waals surface area (Å²) in [5.74, 6) is -2.28. The first kappa shape index (κ1) is 21.3. The lowest BCUT2D eigenvalue weighted by molar-refractivity contribution is -0.0436. The molecule has 0 atom stereocenters. The van der Waals surface area contributed by atoms with Crippen molar-refractivity contribution in [1.29, 1.82) is 5.26 Å². The molecule has 0 aliphatic carbocycles. The van der Waals surface area contributed by atoms with E-state index in [1.54, 1.807) is 18.2 Å². The first-order valence-corrected chi connectivity index (χ1v) is 10.5. The fourth-order valence-corrected chi connectivity index (χ4v) is 4.59. The fourth-order valence-electron chi connectivity index (χ4n) is 3.13. The molecule has 3 rings (SSSR count). The molecule has 29 heavy (non-hydrogen) atoms. The number of hydrogen-bond donors (Lipinski definition) is 1. The van der Waals surface area contributed by atoms with Gasteiger partial charge in [0.2, 0.25) is 10.0 Å². The summed E-state index contributed by atoms with van der Waals surface area (Å²) in [4.78, 5) is 5.32. The molecule has 0 unspecified atom stereocenters. The monoisotopic (exact) mass is 421 g/mol. The second-order valence-corrected chi connectivity index (χ2v) is 9.18. The minimum atomic E-state index is -3.90. The van der Waals surface area contributed by atoms with E-state index in [4.69, 9.17) is 10.1 Å². The van der Waals surface area contributed by atoms with Crippen LogP contribution in [0.2, 0.25) is 0 Å². The predicted octanol–water partition coefficient (Wildman–Crippen LogP) is 3.10. The smallest absolute Gasteiger partial charge is 0.243 e. The standard InChI is InChI=1S/C20H21F2N3O3S/c1-20(24-28-14-16-4-2-3-15(11-16)13-23)7-9-25(10-8-20)29(26,27)17-5-6-18(21)19(22)12-17/h2-6,11-12,24H,7-10,14H2,1H3. The summed E-state index contributed by atoms with van der Waals surface area (Å²) in [6, 6.07) is 11.7. The Labute approximate surface area is 168 Å². The van der Waals surface area contributed by atoms with Crippen molar-refractivity contribution >= 4 is 10.0 Å². The highest BCUT2D eigenvalue weighted by molar-refractivity contribution is 7.89. The average Bonchev–Trinajstić information content (AvgIpc) is 2.70. The summed E-state index contributed by atoms with van der Waals surface area (Å²) in [5.41, 5.74) is 3.96. The van der Waals surface area contributed by atoms with Crippen LogP contribution in [0, 0.1) is 23.0 Å². The summed E-state index contributed by atoms with van der Waals surface area (Å²) in [6.45, 7) is 2.64. The van der Waals surface area contributed by atoms with Crippen molar-refractivity contribution in [1.82, 2.24) is 9.79 Å². The maximum atomic E-state index is 13.4. The Morgan fingerprint density at radius 3 is 2.55 bits per heavy atom. The summed E-state index contributed by atoms with van der Waals surface area (Å²) < 4.78 is 53.1. The molecule has 1 aliphatic rings. The zero-order chi connectivity index (χ0) is 21.1. The van der Waals surface area contributed by atoms with Gasteiger partial charge in [-0.25, -0.2) is 17.2 Å². The second-order valence-electron chi connectivity index (χ2n) is 7.24. The largest absolute Gasteiger partial charge is 0.297 e. The summed E-state index contributed by atoms with van der Waals surface area (Å²) in [5, 5.41) is 8.93. The van der Waals surface area contributed by atoms with Crippen LogP contribution in [-0.4, -0.2) is 31.4 Å². The highest BCUT2D eigenvalue weighted by Crippen LogP contribution is 2.27. The van der Waals surface area contributed by atoms with Gasteiger partial charge in [0.15, 0.2) is 11.6 Å². The topological polar surface area (TPSA) is 82.4 Å². The molecule has 0 saturated carbocycles. The maximum absolute atomic E-state index is 13.4. The number of nitrogens with zero attached hydrogens (tertiary/aromatic N) is 2. The van der Waals surface area contributed by atoms with Gasteiger partial charge in [0.25, 0.3) is 0 Å². The number of nitrogens with one attached hydrogen (secondary N) is 1. The third-order valence-electron chi connectivity index (χ3n) is 4.97. The van der Waals surface area contributed by atoms with Gasteiger partial charge in [-0.3, -0.25) is 4.84 Å². The van der Waals surface area contributed by atoms with Gasteiger partial charge in [0, 0.05) is 18.6 Å². The van der Waals surface area contributed by atoms with E-state index >= 15 is 0 Å². The van der Waals surface area contributed by atoms with Crippen LogP contribution in [0.15, 0.2) is 47.4 Å². The van der Waals surface area contributed by atoms with Crippen LogP contribution >= 0.6 is 0 Å². The number of nitriles is 1. The molecule has 2 aromatic rings. The van der Waals surface area contributed by atoms with E-state index in [0.29, 0.717) is 24.5 Å². The quantitative estimate of drug-likeness (QED) is 0.725. The van der Waals surface area contributed by atoms with Crippen molar-refractivity contribution in [3.8, 4) is 6.07 Å². The van der Waals surface area contributed by atoms with E-state index in [-0.39, 0.29) is 24.6 Å². The molecule has 6 nitrogen and oxygen atoms in total. The van der Waals surface area contributed by atoms with Gasteiger partial charge in [-0.15, -0.1) is 0 Å². The van der Waals surface area contributed by atoms with E-state index in [1.165, 1.54) is 4.31 Å². The lowest BCUT2D eigenvalue weighted by atomic mass is 9.92. The molecule has 1 heterocycles. The Kier molecular flexibility index (Phi) is 6.29. The fraction of sp³-hybridized carbons (Fsp3) is 0.350.